The van der Waals surface area contributed by atoms with Gasteiger partial charge in [-0.05, 0) is 61.5 Å². The van der Waals surface area contributed by atoms with Crippen LogP contribution in [0.3, 0.4) is 0 Å². The van der Waals surface area contributed by atoms with Gasteiger partial charge in [0.25, 0.3) is 0 Å². The lowest BCUT2D eigenvalue weighted by molar-refractivity contribution is -0.0191. The number of ether oxygens (including phenoxy) is 2. The Morgan fingerprint density at radius 2 is 1.96 bits per heavy atom. The molecule has 0 saturated heterocycles. The largest absolute Gasteiger partial charge is 0.497 e. The molecule has 142 valence electrons. The number of halogens is 1. The molecule has 6 heteroatoms. The van der Waals surface area contributed by atoms with Crippen molar-refractivity contribution in [3.63, 3.8) is 0 Å². The van der Waals surface area contributed by atoms with Crippen molar-refractivity contribution in [3.8, 4) is 11.5 Å². The Labute approximate surface area is 176 Å². The summed E-state index contributed by atoms with van der Waals surface area (Å²) in [6.45, 7) is 2.13. The number of aryl methyl sites for hydroxylation is 1. The van der Waals surface area contributed by atoms with E-state index in [-0.39, 0.29) is 12.3 Å². The Morgan fingerprint density at radius 1 is 1.14 bits per heavy atom. The van der Waals surface area contributed by atoms with E-state index in [4.69, 9.17) is 14.6 Å². The molecule has 3 heterocycles. The van der Waals surface area contributed by atoms with Gasteiger partial charge in [0, 0.05) is 26.9 Å². The number of hydrazone groups is 1. The molecular formula is C22H19BrN2O2S. The first kappa shape index (κ1) is 17.8. The van der Waals surface area contributed by atoms with E-state index in [2.05, 4.69) is 46.1 Å². The summed E-state index contributed by atoms with van der Waals surface area (Å²) in [5, 5.41) is 7.12. The minimum atomic E-state index is -0.261. The van der Waals surface area contributed by atoms with Gasteiger partial charge in [0.15, 0.2) is 0 Å². The molecule has 0 bridgehead atoms. The van der Waals surface area contributed by atoms with E-state index in [9.17, 15) is 0 Å². The predicted octanol–water partition coefficient (Wildman–Crippen LogP) is 6.07. The molecule has 0 amide bonds. The third-order valence-corrected chi connectivity index (χ3v) is 6.72. The maximum atomic E-state index is 6.41. The molecule has 28 heavy (non-hydrogen) atoms. The quantitative estimate of drug-likeness (QED) is 0.481. The Bertz CT molecular complexity index is 1060. The van der Waals surface area contributed by atoms with Crippen LogP contribution in [0.4, 0.5) is 0 Å². The molecule has 2 aliphatic heterocycles. The zero-order valence-corrected chi connectivity index (χ0v) is 18.0. The molecule has 2 unspecified atom stereocenters. The summed E-state index contributed by atoms with van der Waals surface area (Å²) in [6.07, 6.45) is 0.613. The zero-order valence-electron chi connectivity index (χ0n) is 15.6. The molecule has 0 aliphatic carbocycles. The Kier molecular flexibility index (Phi) is 4.40. The molecule has 2 aliphatic rings. The molecule has 0 spiro atoms. The third-order valence-electron chi connectivity index (χ3n) is 5.18. The second kappa shape index (κ2) is 6.94. The molecule has 0 N–H and O–H groups in total. The molecular weight excluding hydrogens is 436 g/mol. The summed E-state index contributed by atoms with van der Waals surface area (Å²) in [5.74, 6) is 1.75. The Hall–Kier alpha value is -2.31. The van der Waals surface area contributed by atoms with Crippen molar-refractivity contribution in [2.45, 2.75) is 25.6 Å². The standard InChI is InChI=1S/C22H19BrN2O2S/c1-13-3-10-21(28-13)18-12-19-17-11-15(23)6-9-20(17)27-22(25(19)24-18)14-4-7-16(26-2)8-5-14/h3-11,19,22H,12H2,1-2H3. The van der Waals surface area contributed by atoms with Gasteiger partial charge in [-0.15, -0.1) is 11.3 Å². The summed E-state index contributed by atoms with van der Waals surface area (Å²) in [4.78, 5) is 2.53. The van der Waals surface area contributed by atoms with E-state index in [1.165, 1.54) is 15.3 Å². The summed E-state index contributed by atoms with van der Waals surface area (Å²) in [5.41, 5.74) is 3.36. The lowest BCUT2D eigenvalue weighted by Crippen LogP contribution is -2.33. The number of benzene rings is 2. The maximum Gasteiger partial charge on any atom is 0.213 e. The van der Waals surface area contributed by atoms with Crippen molar-refractivity contribution in [2.75, 3.05) is 7.11 Å². The van der Waals surface area contributed by atoms with E-state index >= 15 is 0 Å². The van der Waals surface area contributed by atoms with Gasteiger partial charge in [-0.2, -0.15) is 5.10 Å². The number of hydrogen-bond acceptors (Lipinski definition) is 5. The fraction of sp³-hybridized carbons (Fsp3) is 0.227. The minimum absolute atomic E-state index is 0.158. The SMILES string of the molecule is COc1ccc(C2Oc3ccc(Br)cc3C3CC(c4ccc(C)s4)=NN32)cc1. The van der Waals surface area contributed by atoms with Crippen molar-refractivity contribution in [1.82, 2.24) is 5.01 Å². The summed E-state index contributed by atoms with van der Waals surface area (Å²) in [7, 11) is 1.68. The number of fused-ring (bicyclic) bond motifs is 3. The van der Waals surface area contributed by atoms with Crippen LogP contribution in [-0.2, 0) is 0 Å². The van der Waals surface area contributed by atoms with Gasteiger partial charge < -0.3 is 9.47 Å². The second-order valence-corrected chi connectivity index (χ2v) is 9.19. The van der Waals surface area contributed by atoms with Crippen molar-refractivity contribution < 1.29 is 9.47 Å². The highest BCUT2D eigenvalue weighted by molar-refractivity contribution is 9.10. The number of thiophene rings is 1. The smallest absolute Gasteiger partial charge is 0.213 e. The monoisotopic (exact) mass is 454 g/mol. The van der Waals surface area contributed by atoms with Crippen LogP contribution >= 0.6 is 27.3 Å². The van der Waals surface area contributed by atoms with Crippen LogP contribution in [0.5, 0.6) is 11.5 Å². The average molecular weight is 455 g/mol. The van der Waals surface area contributed by atoms with Crippen LogP contribution in [-0.4, -0.2) is 17.8 Å². The fourth-order valence-electron chi connectivity index (χ4n) is 3.79. The molecule has 0 saturated carbocycles. The van der Waals surface area contributed by atoms with Crippen LogP contribution in [0.2, 0.25) is 0 Å². The molecule has 2 atom stereocenters. The first-order valence-corrected chi connectivity index (χ1v) is 10.8. The van der Waals surface area contributed by atoms with Gasteiger partial charge in [-0.1, -0.05) is 15.9 Å². The van der Waals surface area contributed by atoms with Crippen LogP contribution < -0.4 is 9.47 Å². The van der Waals surface area contributed by atoms with E-state index in [1.54, 1.807) is 18.4 Å². The van der Waals surface area contributed by atoms with E-state index in [1.807, 2.05) is 36.4 Å². The van der Waals surface area contributed by atoms with Crippen LogP contribution in [0.15, 0.2) is 64.2 Å². The summed E-state index contributed by atoms with van der Waals surface area (Å²) >= 11 is 5.40. The third kappa shape index (κ3) is 3.01. The molecule has 1 aromatic heterocycles. The zero-order chi connectivity index (χ0) is 19.3. The number of rotatable bonds is 3. The first-order valence-electron chi connectivity index (χ1n) is 9.15. The van der Waals surface area contributed by atoms with E-state index in [0.29, 0.717) is 0 Å². The van der Waals surface area contributed by atoms with Gasteiger partial charge in [0.2, 0.25) is 6.23 Å². The maximum absolute atomic E-state index is 6.41. The van der Waals surface area contributed by atoms with Gasteiger partial charge in [-0.3, -0.25) is 0 Å². The highest BCUT2D eigenvalue weighted by atomic mass is 79.9. The molecule has 0 fully saturated rings. The number of methoxy groups -OCH3 is 1. The molecule has 2 aromatic carbocycles. The highest BCUT2D eigenvalue weighted by Gasteiger charge is 2.41. The second-order valence-electron chi connectivity index (χ2n) is 6.98. The van der Waals surface area contributed by atoms with Gasteiger partial charge in [0.05, 0.1) is 23.7 Å². The minimum Gasteiger partial charge on any atom is -0.497 e. The van der Waals surface area contributed by atoms with Gasteiger partial charge in [0.1, 0.15) is 11.5 Å². The van der Waals surface area contributed by atoms with Crippen LogP contribution in [0.25, 0.3) is 0 Å². The van der Waals surface area contributed by atoms with Crippen molar-refractivity contribution in [2.24, 2.45) is 5.10 Å². The van der Waals surface area contributed by atoms with Gasteiger partial charge in [-0.25, -0.2) is 5.01 Å². The van der Waals surface area contributed by atoms with E-state index in [0.717, 1.165) is 33.7 Å². The Morgan fingerprint density at radius 3 is 2.68 bits per heavy atom. The Balaban J connectivity index is 1.58. The molecule has 5 rings (SSSR count). The number of hydrogen-bond donors (Lipinski definition) is 0. The van der Waals surface area contributed by atoms with Crippen LogP contribution in [0.1, 0.15) is 39.6 Å². The first-order chi connectivity index (χ1) is 13.6. The number of nitrogens with zero attached hydrogens (tertiary/aromatic N) is 2. The summed E-state index contributed by atoms with van der Waals surface area (Å²) < 4.78 is 12.8. The average Bonchev–Trinajstić information content (AvgIpc) is 3.34. The summed E-state index contributed by atoms with van der Waals surface area (Å²) in [6, 6.07) is 18.7. The van der Waals surface area contributed by atoms with Crippen molar-refractivity contribution in [3.05, 3.63) is 80.0 Å². The van der Waals surface area contributed by atoms with E-state index < -0.39 is 0 Å². The molecule has 0 radical (unpaired) electrons. The van der Waals surface area contributed by atoms with Gasteiger partial charge >= 0.3 is 0 Å². The van der Waals surface area contributed by atoms with Crippen molar-refractivity contribution >= 4 is 33.0 Å². The lowest BCUT2D eigenvalue weighted by atomic mass is 9.97. The van der Waals surface area contributed by atoms with Crippen LogP contribution in [0, 0.1) is 6.92 Å². The fourth-order valence-corrected chi connectivity index (χ4v) is 5.02. The topological polar surface area (TPSA) is 34.1 Å². The predicted molar refractivity (Wildman–Crippen MR) is 115 cm³/mol. The normalized spacial score (nSPS) is 20.2. The molecule has 3 aromatic rings. The lowest BCUT2D eigenvalue weighted by Gasteiger charge is -2.38. The van der Waals surface area contributed by atoms with Crippen molar-refractivity contribution in [1.29, 1.82) is 0 Å². The molecule has 4 nitrogen and oxygen atoms in total. The highest BCUT2D eigenvalue weighted by Crippen LogP contribution is 2.48.